The average Bonchev–Trinajstić information content (AvgIpc) is 2.58. The number of hydrogen-bond acceptors (Lipinski definition) is 2. The van der Waals surface area contributed by atoms with Gasteiger partial charge in [0.05, 0.1) is 6.10 Å². The van der Waals surface area contributed by atoms with Gasteiger partial charge in [0.2, 0.25) is 0 Å². The van der Waals surface area contributed by atoms with Gasteiger partial charge in [0, 0.05) is 32.2 Å². The molecule has 0 amide bonds. The quantitative estimate of drug-likeness (QED) is 0.304. The van der Waals surface area contributed by atoms with Crippen LogP contribution in [0.2, 0.25) is 0 Å². The molecule has 1 fully saturated rings. The number of aryl methyl sites for hydroxylation is 1. The lowest BCUT2D eigenvalue weighted by atomic mass is 9.89. The third-order valence-corrected chi connectivity index (χ3v) is 4.09. The van der Waals surface area contributed by atoms with Crippen molar-refractivity contribution in [3.8, 4) is 0 Å². The minimum absolute atomic E-state index is 0. The molecule has 5 heteroatoms. The second-order valence-electron chi connectivity index (χ2n) is 5.99. The van der Waals surface area contributed by atoms with E-state index < -0.39 is 0 Å². The number of halogens is 1. The Morgan fingerprint density at radius 1 is 1.33 bits per heavy atom. The Balaban J connectivity index is 0.00000288. The molecule has 1 aliphatic rings. The molecule has 1 aromatic carbocycles. The molecule has 2 N–H and O–H groups in total. The highest BCUT2D eigenvalue weighted by molar-refractivity contribution is 14.0. The summed E-state index contributed by atoms with van der Waals surface area (Å²) >= 11 is 0. The van der Waals surface area contributed by atoms with E-state index in [0.717, 1.165) is 38.5 Å². The van der Waals surface area contributed by atoms with Crippen LogP contribution in [-0.2, 0) is 4.74 Å². The first-order chi connectivity index (χ1) is 11.2. The first-order valence-electron chi connectivity index (χ1n) is 8.55. The maximum atomic E-state index is 6.06. The van der Waals surface area contributed by atoms with Crippen LogP contribution in [0.25, 0.3) is 0 Å². The van der Waals surface area contributed by atoms with E-state index in [1.165, 1.54) is 11.1 Å². The summed E-state index contributed by atoms with van der Waals surface area (Å²) in [5.41, 5.74) is 2.54. The minimum atomic E-state index is 0. The Bertz CT molecular complexity index is 516. The van der Waals surface area contributed by atoms with Gasteiger partial charge >= 0.3 is 0 Å². The summed E-state index contributed by atoms with van der Waals surface area (Å²) in [6.45, 7) is 11.1. The number of nitrogens with zero attached hydrogens (tertiary/aromatic N) is 1. The molecular weight excluding hydrogens is 413 g/mol. The highest BCUT2D eigenvalue weighted by Gasteiger charge is 2.27. The average molecular weight is 443 g/mol. The Labute approximate surface area is 163 Å². The van der Waals surface area contributed by atoms with Gasteiger partial charge in [-0.2, -0.15) is 0 Å². The van der Waals surface area contributed by atoms with Crippen molar-refractivity contribution in [2.75, 3.05) is 26.2 Å². The molecule has 24 heavy (non-hydrogen) atoms. The van der Waals surface area contributed by atoms with Crippen molar-refractivity contribution in [3.63, 3.8) is 0 Å². The van der Waals surface area contributed by atoms with Crippen molar-refractivity contribution in [3.05, 3.63) is 48.0 Å². The van der Waals surface area contributed by atoms with Crippen LogP contribution in [0.5, 0.6) is 0 Å². The molecule has 134 valence electrons. The molecule has 1 saturated heterocycles. The van der Waals surface area contributed by atoms with Crippen LogP contribution in [0, 0.1) is 12.8 Å². The third kappa shape index (κ3) is 6.43. The predicted molar refractivity (Wildman–Crippen MR) is 112 cm³/mol. The normalized spacial score (nSPS) is 20.8. The molecule has 4 nitrogen and oxygen atoms in total. The van der Waals surface area contributed by atoms with E-state index in [4.69, 9.17) is 9.73 Å². The van der Waals surface area contributed by atoms with Crippen molar-refractivity contribution in [2.45, 2.75) is 32.8 Å². The van der Waals surface area contributed by atoms with Gasteiger partial charge in [0.15, 0.2) is 5.96 Å². The zero-order valence-electron chi connectivity index (χ0n) is 14.8. The zero-order chi connectivity index (χ0) is 16.5. The van der Waals surface area contributed by atoms with Crippen molar-refractivity contribution < 1.29 is 4.74 Å². The summed E-state index contributed by atoms with van der Waals surface area (Å²) < 4.78 is 6.06. The van der Waals surface area contributed by atoms with E-state index in [0.29, 0.717) is 12.5 Å². The third-order valence-electron chi connectivity index (χ3n) is 4.09. The lowest BCUT2D eigenvalue weighted by molar-refractivity contribution is -0.0250. The minimum Gasteiger partial charge on any atom is -0.373 e. The van der Waals surface area contributed by atoms with Gasteiger partial charge in [0.25, 0.3) is 0 Å². The number of benzene rings is 1. The fraction of sp³-hybridized carbons (Fsp3) is 0.526. The molecule has 0 radical (unpaired) electrons. The zero-order valence-corrected chi connectivity index (χ0v) is 17.1. The number of aliphatic imine (C=N–C) groups is 1. The molecule has 1 heterocycles. The Morgan fingerprint density at radius 3 is 2.75 bits per heavy atom. The van der Waals surface area contributed by atoms with Crippen LogP contribution in [0.3, 0.4) is 0 Å². The van der Waals surface area contributed by atoms with Gasteiger partial charge in [-0.25, -0.2) is 0 Å². The number of hydrogen-bond donors (Lipinski definition) is 2. The van der Waals surface area contributed by atoms with Crippen molar-refractivity contribution >= 4 is 29.9 Å². The fourth-order valence-corrected chi connectivity index (χ4v) is 2.87. The van der Waals surface area contributed by atoms with Crippen molar-refractivity contribution in [2.24, 2.45) is 10.9 Å². The van der Waals surface area contributed by atoms with E-state index in [9.17, 15) is 0 Å². The van der Waals surface area contributed by atoms with Crippen LogP contribution < -0.4 is 10.6 Å². The molecule has 0 aliphatic carbocycles. The van der Waals surface area contributed by atoms with Gasteiger partial charge < -0.3 is 15.4 Å². The Morgan fingerprint density at radius 2 is 2.08 bits per heavy atom. The van der Waals surface area contributed by atoms with Crippen molar-refractivity contribution in [1.82, 2.24) is 10.6 Å². The molecule has 2 rings (SSSR count). The molecule has 0 aromatic heterocycles. The first kappa shape index (κ1) is 21.0. The molecule has 0 bridgehead atoms. The Hall–Kier alpha value is -1.08. The van der Waals surface area contributed by atoms with Gasteiger partial charge in [0.1, 0.15) is 0 Å². The standard InChI is InChI=1S/C19H29N3O.HI/c1-4-12-21-19(20-5-2)22-14-17-7-6-13-23-18(17)16-10-8-15(3)9-11-16;/h4,8-11,17-18H,1,5-7,12-14H2,2-3H3,(H2,20,21,22);1H. The topological polar surface area (TPSA) is 45.7 Å². The number of rotatable bonds is 6. The molecule has 0 saturated carbocycles. The largest absolute Gasteiger partial charge is 0.373 e. The summed E-state index contributed by atoms with van der Waals surface area (Å²) in [6.07, 6.45) is 4.25. The highest BCUT2D eigenvalue weighted by Crippen LogP contribution is 2.33. The maximum Gasteiger partial charge on any atom is 0.191 e. The smallest absolute Gasteiger partial charge is 0.191 e. The van der Waals surface area contributed by atoms with E-state index in [2.05, 4.69) is 55.3 Å². The summed E-state index contributed by atoms with van der Waals surface area (Å²) in [7, 11) is 0. The summed E-state index contributed by atoms with van der Waals surface area (Å²) in [6, 6.07) is 8.68. The predicted octanol–water partition coefficient (Wildman–Crippen LogP) is 3.82. The monoisotopic (exact) mass is 443 g/mol. The molecule has 2 unspecified atom stereocenters. The lowest BCUT2D eigenvalue weighted by Gasteiger charge is -2.31. The second-order valence-corrected chi connectivity index (χ2v) is 5.99. The van der Waals surface area contributed by atoms with Gasteiger partial charge in [-0.05, 0) is 32.3 Å². The number of guanidine groups is 1. The van der Waals surface area contributed by atoms with Crippen LogP contribution >= 0.6 is 24.0 Å². The highest BCUT2D eigenvalue weighted by atomic mass is 127. The number of ether oxygens (including phenoxy) is 1. The molecular formula is C19H30IN3O. The molecule has 0 spiro atoms. The maximum absolute atomic E-state index is 6.06. The summed E-state index contributed by atoms with van der Waals surface area (Å²) in [5, 5.41) is 6.52. The fourth-order valence-electron chi connectivity index (χ4n) is 2.87. The van der Waals surface area contributed by atoms with Crippen LogP contribution in [0.4, 0.5) is 0 Å². The van der Waals surface area contributed by atoms with Gasteiger partial charge in [-0.1, -0.05) is 35.9 Å². The number of nitrogens with one attached hydrogen (secondary N) is 2. The van der Waals surface area contributed by atoms with Crippen LogP contribution in [0.1, 0.15) is 37.0 Å². The van der Waals surface area contributed by atoms with E-state index >= 15 is 0 Å². The summed E-state index contributed by atoms with van der Waals surface area (Å²) in [5.74, 6) is 1.27. The second kappa shape index (κ2) is 11.5. The first-order valence-corrected chi connectivity index (χ1v) is 8.55. The molecule has 2 atom stereocenters. The molecule has 1 aromatic rings. The Kier molecular flexibility index (Phi) is 10.0. The summed E-state index contributed by atoms with van der Waals surface area (Å²) in [4.78, 5) is 4.73. The van der Waals surface area contributed by atoms with Crippen LogP contribution in [-0.4, -0.2) is 32.2 Å². The lowest BCUT2D eigenvalue weighted by Crippen LogP contribution is -2.38. The van der Waals surface area contributed by atoms with Gasteiger partial charge in [-0.3, -0.25) is 4.99 Å². The van der Waals surface area contributed by atoms with E-state index in [1.807, 2.05) is 6.08 Å². The van der Waals surface area contributed by atoms with E-state index in [1.54, 1.807) is 0 Å². The SMILES string of the molecule is C=CCNC(=NCC1CCCOC1c1ccc(C)cc1)NCC.I. The van der Waals surface area contributed by atoms with E-state index in [-0.39, 0.29) is 30.1 Å². The van der Waals surface area contributed by atoms with Crippen molar-refractivity contribution in [1.29, 1.82) is 0 Å². The van der Waals surface area contributed by atoms with Crippen LogP contribution in [0.15, 0.2) is 41.9 Å². The van der Waals surface area contributed by atoms with Gasteiger partial charge in [-0.15, -0.1) is 30.6 Å². The molecule has 1 aliphatic heterocycles.